The summed E-state index contributed by atoms with van der Waals surface area (Å²) in [6.07, 6.45) is 4.45. The van der Waals surface area contributed by atoms with Crippen molar-refractivity contribution in [2.75, 3.05) is 18.4 Å². The van der Waals surface area contributed by atoms with E-state index in [1.807, 2.05) is 6.07 Å². The van der Waals surface area contributed by atoms with Crippen LogP contribution in [0.4, 0.5) is 5.69 Å². The molecule has 0 spiro atoms. The van der Waals surface area contributed by atoms with Gasteiger partial charge in [0.1, 0.15) is 0 Å². The summed E-state index contributed by atoms with van der Waals surface area (Å²) in [6.45, 7) is 1.45. The summed E-state index contributed by atoms with van der Waals surface area (Å²) < 4.78 is 26.9. The highest BCUT2D eigenvalue weighted by Gasteiger charge is 2.22. The average Bonchev–Trinajstić information content (AvgIpc) is 3.04. The number of sulfonamides is 1. The average molecular weight is 266 g/mol. The zero-order valence-electron chi connectivity index (χ0n) is 10.3. The van der Waals surface area contributed by atoms with Gasteiger partial charge in [0.15, 0.2) is 0 Å². The van der Waals surface area contributed by atoms with Gasteiger partial charge in [0.25, 0.3) is 0 Å². The van der Waals surface area contributed by atoms with Crippen LogP contribution in [-0.4, -0.2) is 21.5 Å². The molecular formula is C13H18N2O2S. The second kappa shape index (κ2) is 4.55. The van der Waals surface area contributed by atoms with Crippen molar-refractivity contribution in [1.82, 2.24) is 4.72 Å². The van der Waals surface area contributed by atoms with E-state index in [2.05, 4.69) is 10.0 Å². The quantitative estimate of drug-likeness (QED) is 0.853. The van der Waals surface area contributed by atoms with Crippen molar-refractivity contribution in [2.24, 2.45) is 5.92 Å². The van der Waals surface area contributed by atoms with Gasteiger partial charge >= 0.3 is 0 Å². The molecule has 0 aromatic heterocycles. The number of hydrogen-bond donors (Lipinski definition) is 2. The Balaban J connectivity index is 1.71. The third-order valence-corrected chi connectivity index (χ3v) is 5.10. The van der Waals surface area contributed by atoms with E-state index in [4.69, 9.17) is 0 Å². The van der Waals surface area contributed by atoms with Gasteiger partial charge in [-0.25, -0.2) is 13.1 Å². The fourth-order valence-corrected chi connectivity index (χ4v) is 3.40. The lowest BCUT2D eigenvalue weighted by atomic mass is 10.2. The first kappa shape index (κ1) is 12.0. The molecule has 1 aromatic carbocycles. The van der Waals surface area contributed by atoms with Crippen LogP contribution in [0.25, 0.3) is 0 Å². The molecule has 98 valence electrons. The van der Waals surface area contributed by atoms with Crippen LogP contribution in [0.15, 0.2) is 23.1 Å². The molecule has 18 heavy (non-hydrogen) atoms. The predicted molar refractivity (Wildman–Crippen MR) is 71.2 cm³/mol. The summed E-state index contributed by atoms with van der Waals surface area (Å²) in [6, 6.07) is 5.35. The molecule has 2 N–H and O–H groups in total. The van der Waals surface area contributed by atoms with Crippen molar-refractivity contribution < 1.29 is 8.42 Å². The van der Waals surface area contributed by atoms with Gasteiger partial charge in [-0.2, -0.15) is 0 Å². The molecule has 0 bridgehead atoms. The first-order valence-corrected chi connectivity index (χ1v) is 8.00. The highest BCUT2D eigenvalue weighted by Crippen LogP contribution is 2.32. The van der Waals surface area contributed by atoms with Crippen molar-refractivity contribution >= 4 is 15.7 Å². The maximum Gasteiger partial charge on any atom is 0.240 e. The number of hydrogen-bond acceptors (Lipinski definition) is 3. The Morgan fingerprint density at radius 3 is 2.94 bits per heavy atom. The lowest BCUT2D eigenvalue weighted by Gasteiger charge is -2.08. The van der Waals surface area contributed by atoms with Crippen molar-refractivity contribution in [1.29, 1.82) is 0 Å². The summed E-state index contributed by atoms with van der Waals surface area (Å²) in [7, 11) is -3.34. The molecule has 5 heteroatoms. The minimum absolute atomic E-state index is 0.367. The van der Waals surface area contributed by atoms with E-state index >= 15 is 0 Å². The Hall–Kier alpha value is -1.07. The smallest absolute Gasteiger partial charge is 0.240 e. The second-order valence-corrected chi connectivity index (χ2v) is 6.89. The molecular weight excluding hydrogens is 248 g/mol. The highest BCUT2D eigenvalue weighted by atomic mass is 32.2. The molecule has 1 fully saturated rings. The molecule has 0 atom stereocenters. The maximum atomic E-state index is 12.1. The van der Waals surface area contributed by atoms with Crippen LogP contribution in [0, 0.1) is 5.92 Å². The zero-order valence-corrected chi connectivity index (χ0v) is 11.1. The van der Waals surface area contributed by atoms with Crippen LogP contribution in [0.2, 0.25) is 0 Å². The maximum absolute atomic E-state index is 12.1. The Morgan fingerprint density at radius 1 is 1.33 bits per heavy atom. The van der Waals surface area contributed by atoms with E-state index in [-0.39, 0.29) is 0 Å². The Kier molecular flexibility index (Phi) is 3.03. The SMILES string of the molecule is O=S(=O)(NCCC1CC1)c1ccc2c(c1)NCC2. The van der Waals surface area contributed by atoms with E-state index in [9.17, 15) is 8.42 Å². The summed E-state index contributed by atoms with van der Waals surface area (Å²) in [4.78, 5) is 0.367. The second-order valence-electron chi connectivity index (χ2n) is 5.13. The number of nitrogens with one attached hydrogen (secondary N) is 2. The molecule has 1 aliphatic heterocycles. The van der Waals surface area contributed by atoms with E-state index < -0.39 is 10.0 Å². The molecule has 1 aliphatic carbocycles. The van der Waals surface area contributed by atoms with Gasteiger partial charge in [0.05, 0.1) is 4.90 Å². The fourth-order valence-electron chi connectivity index (χ4n) is 2.32. The number of fused-ring (bicyclic) bond motifs is 1. The van der Waals surface area contributed by atoms with E-state index in [0.29, 0.717) is 11.4 Å². The van der Waals surface area contributed by atoms with Gasteiger partial charge in [-0.05, 0) is 36.5 Å². The van der Waals surface area contributed by atoms with Crippen molar-refractivity contribution in [3.05, 3.63) is 23.8 Å². The van der Waals surface area contributed by atoms with Crippen LogP contribution < -0.4 is 10.0 Å². The predicted octanol–water partition coefficient (Wildman–Crippen LogP) is 1.73. The lowest BCUT2D eigenvalue weighted by molar-refractivity contribution is 0.575. The minimum Gasteiger partial charge on any atom is -0.384 e. The van der Waals surface area contributed by atoms with Gasteiger partial charge in [-0.15, -0.1) is 0 Å². The summed E-state index contributed by atoms with van der Waals surface area (Å²) >= 11 is 0. The molecule has 0 amide bonds. The lowest BCUT2D eigenvalue weighted by Crippen LogP contribution is -2.25. The van der Waals surface area contributed by atoms with Crippen molar-refractivity contribution in [2.45, 2.75) is 30.6 Å². The molecule has 1 aromatic rings. The molecule has 3 rings (SSSR count). The third-order valence-electron chi connectivity index (χ3n) is 3.64. The minimum atomic E-state index is -3.34. The van der Waals surface area contributed by atoms with Crippen LogP contribution in [0.5, 0.6) is 0 Å². The zero-order chi connectivity index (χ0) is 12.6. The van der Waals surface area contributed by atoms with Crippen molar-refractivity contribution in [3.8, 4) is 0 Å². The number of anilines is 1. The largest absolute Gasteiger partial charge is 0.384 e. The van der Waals surface area contributed by atoms with Crippen LogP contribution in [0.1, 0.15) is 24.8 Å². The fraction of sp³-hybridized carbons (Fsp3) is 0.538. The Bertz CT molecular complexity index is 550. The summed E-state index contributed by atoms with van der Waals surface area (Å²) in [5.74, 6) is 0.745. The van der Waals surface area contributed by atoms with Gasteiger partial charge < -0.3 is 5.32 Å². The van der Waals surface area contributed by atoms with E-state index in [1.54, 1.807) is 12.1 Å². The van der Waals surface area contributed by atoms with E-state index in [0.717, 1.165) is 31.0 Å². The molecule has 0 saturated heterocycles. The van der Waals surface area contributed by atoms with Crippen molar-refractivity contribution in [3.63, 3.8) is 0 Å². The third kappa shape index (κ3) is 2.52. The highest BCUT2D eigenvalue weighted by molar-refractivity contribution is 7.89. The standard InChI is InChI=1S/C13H18N2O2S/c16-18(17,15-8-5-10-1-2-10)12-4-3-11-6-7-14-13(11)9-12/h3-4,9-10,14-15H,1-2,5-8H2. The first-order valence-electron chi connectivity index (χ1n) is 6.52. The molecule has 1 heterocycles. The monoisotopic (exact) mass is 266 g/mol. The van der Waals surface area contributed by atoms with Gasteiger partial charge in [0.2, 0.25) is 10.0 Å². The molecule has 0 radical (unpaired) electrons. The van der Waals surface area contributed by atoms with Crippen LogP contribution in [-0.2, 0) is 16.4 Å². The normalized spacial score (nSPS) is 18.4. The van der Waals surface area contributed by atoms with Gasteiger partial charge in [0, 0.05) is 18.8 Å². The molecule has 0 unspecified atom stereocenters. The van der Waals surface area contributed by atoms with Crippen LogP contribution in [0.3, 0.4) is 0 Å². The molecule has 4 nitrogen and oxygen atoms in total. The molecule has 1 saturated carbocycles. The van der Waals surface area contributed by atoms with Gasteiger partial charge in [-0.1, -0.05) is 18.9 Å². The number of benzene rings is 1. The summed E-state index contributed by atoms with van der Waals surface area (Å²) in [5.41, 5.74) is 2.16. The molecule has 2 aliphatic rings. The summed E-state index contributed by atoms with van der Waals surface area (Å²) in [5, 5.41) is 3.20. The first-order chi connectivity index (χ1) is 8.65. The topological polar surface area (TPSA) is 58.2 Å². The van der Waals surface area contributed by atoms with Gasteiger partial charge in [-0.3, -0.25) is 0 Å². The Morgan fingerprint density at radius 2 is 2.17 bits per heavy atom. The number of rotatable bonds is 5. The van der Waals surface area contributed by atoms with E-state index in [1.165, 1.54) is 18.4 Å². The Labute approximate surface area is 108 Å². The van der Waals surface area contributed by atoms with Crippen LogP contribution >= 0.6 is 0 Å².